The summed E-state index contributed by atoms with van der Waals surface area (Å²) >= 11 is 1.20. The van der Waals surface area contributed by atoms with Crippen LogP contribution in [-0.4, -0.2) is 101 Å². The number of piperidine rings is 1. The van der Waals surface area contributed by atoms with Gasteiger partial charge < -0.3 is 14.9 Å². The van der Waals surface area contributed by atoms with Crippen LogP contribution in [0.1, 0.15) is 49.4 Å². The smallest absolute Gasteiger partial charge is 0.390 e. The van der Waals surface area contributed by atoms with Crippen molar-refractivity contribution >= 4 is 21.8 Å². The van der Waals surface area contributed by atoms with Crippen molar-refractivity contribution < 1.29 is 26.7 Å². The number of alkyl halides is 3. The number of likely N-dealkylation sites (tertiary alicyclic amines) is 2. The Balaban J connectivity index is 1.43. The third-order valence-corrected chi connectivity index (χ3v) is 11.0. The molecule has 1 N–H and O–H groups in total. The summed E-state index contributed by atoms with van der Waals surface area (Å²) in [5.74, 6) is 1.23. The molecule has 8 nitrogen and oxygen atoms in total. The largest absolute Gasteiger partial charge is 0.417 e. The van der Waals surface area contributed by atoms with Crippen LogP contribution in [0.3, 0.4) is 0 Å². The van der Waals surface area contributed by atoms with Gasteiger partial charge in [0.15, 0.2) is 0 Å². The predicted octanol–water partition coefficient (Wildman–Crippen LogP) is 4.17. The molecule has 42 heavy (non-hydrogen) atoms. The standard InChI is InChI=1S/C29H42F3N5O3S2/c1-21-7-12-35(13-8-21)18-23(38)19-37-26-9-14-36(42(2,39)40)20-24(26)28(33-37)22-5-6-25(29(30,31)32)27(17-22)41-16-15-34-10-3-4-11-34/h5-6,17,21,23,38H,3-4,7-16,18-20H2,1-2H3. The van der Waals surface area contributed by atoms with E-state index in [2.05, 4.69) is 16.7 Å². The van der Waals surface area contributed by atoms with Crippen LogP contribution >= 0.6 is 11.8 Å². The lowest BCUT2D eigenvalue weighted by molar-refractivity contribution is -0.139. The van der Waals surface area contributed by atoms with Gasteiger partial charge in [-0.05, 0) is 69.9 Å². The van der Waals surface area contributed by atoms with Crippen molar-refractivity contribution in [1.82, 2.24) is 23.9 Å². The highest BCUT2D eigenvalue weighted by molar-refractivity contribution is 7.99. The maximum absolute atomic E-state index is 14.0. The molecule has 0 saturated carbocycles. The van der Waals surface area contributed by atoms with Crippen LogP contribution in [-0.2, 0) is 35.7 Å². The van der Waals surface area contributed by atoms with Gasteiger partial charge in [0.1, 0.15) is 0 Å². The minimum atomic E-state index is -4.49. The van der Waals surface area contributed by atoms with Crippen LogP contribution in [0.25, 0.3) is 11.3 Å². The SMILES string of the molecule is CC1CCN(CC(O)Cn2nc(-c3ccc(C(F)(F)F)c(SCCN4CCCC4)c3)c3c2CCN(S(C)(=O)=O)C3)CC1. The molecule has 234 valence electrons. The summed E-state index contributed by atoms with van der Waals surface area (Å²) in [4.78, 5) is 4.68. The number of aliphatic hydroxyl groups excluding tert-OH is 1. The van der Waals surface area contributed by atoms with Crippen LogP contribution in [0.2, 0.25) is 0 Å². The fraction of sp³-hybridized carbons (Fsp3) is 0.690. The maximum atomic E-state index is 14.0. The molecule has 3 aliphatic heterocycles. The summed E-state index contributed by atoms with van der Waals surface area (Å²) in [5.41, 5.74) is 1.86. The third kappa shape index (κ3) is 7.71. The Morgan fingerprint density at radius 3 is 2.45 bits per heavy atom. The van der Waals surface area contributed by atoms with E-state index in [4.69, 9.17) is 5.10 Å². The van der Waals surface area contributed by atoms with Crippen molar-refractivity contribution in [3.8, 4) is 11.3 Å². The van der Waals surface area contributed by atoms with E-state index < -0.39 is 27.9 Å². The number of fused-ring (bicyclic) bond motifs is 1. The number of benzene rings is 1. The molecule has 0 aliphatic carbocycles. The van der Waals surface area contributed by atoms with E-state index in [0.717, 1.165) is 70.2 Å². The first-order valence-electron chi connectivity index (χ1n) is 14.9. The Labute approximate surface area is 251 Å². The van der Waals surface area contributed by atoms with E-state index in [9.17, 15) is 26.7 Å². The number of halogens is 3. The average Bonchev–Trinajstić information content (AvgIpc) is 3.57. The van der Waals surface area contributed by atoms with Crippen LogP contribution in [0.15, 0.2) is 23.1 Å². The van der Waals surface area contributed by atoms with Gasteiger partial charge in [-0.25, -0.2) is 8.42 Å². The van der Waals surface area contributed by atoms with E-state index in [1.165, 1.54) is 28.4 Å². The van der Waals surface area contributed by atoms with E-state index in [1.807, 2.05) is 0 Å². The van der Waals surface area contributed by atoms with Crippen molar-refractivity contribution in [2.24, 2.45) is 5.92 Å². The summed E-state index contributed by atoms with van der Waals surface area (Å²) in [6.07, 6.45) is 0.864. The lowest BCUT2D eigenvalue weighted by Crippen LogP contribution is -2.40. The minimum Gasteiger partial charge on any atom is -0.390 e. The normalized spacial score (nSPS) is 20.7. The van der Waals surface area contributed by atoms with Crippen molar-refractivity contribution in [2.75, 3.05) is 57.8 Å². The van der Waals surface area contributed by atoms with E-state index >= 15 is 0 Å². The average molecular weight is 630 g/mol. The number of hydrogen-bond acceptors (Lipinski definition) is 7. The number of aromatic nitrogens is 2. The molecular formula is C29H42F3N5O3S2. The van der Waals surface area contributed by atoms with Gasteiger partial charge in [-0.2, -0.15) is 22.6 Å². The predicted molar refractivity (Wildman–Crippen MR) is 159 cm³/mol. The van der Waals surface area contributed by atoms with Crippen molar-refractivity contribution in [3.63, 3.8) is 0 Å². The molecule has 1 unspecified atom stereocenters. The molecule has 1 atom stereocenters. The zero-order valence-corrected chi connectivity index (χ0v) is 26.1. The molecule has 2 fully saturated rings. The van der Waals surface area contributed by atoms with Gasteiger partial charge in [-0.3, -0.25) is 4.68 Å². The second kappa shape index (κ2) is 13.2. The lowest BCUT2D eigenvalue weighted by atomic mass is 9.99. The second-order valence-corrected chi connectivity index (χ2v) is 15.2. The van der Waals surface area contributed by atoms with Crippen molar-refractivity contribution in [1.29, 1.82) is 0 Å². The minimum absolute atomic E-state index is 0.0993. The molecule has 0 radical (unpaired) electrons. The summed E-state index contributed by atoms with van der Waals surface area (Å²) < 4.78 is 69.9. The lowest BCUT2D eigenvalue weighted by Gasteiger charge is -2.32. The molecule has 2 saturated heterocycles. The topological polar surface area (TPSA) is 81.9 Å². The van der Waals surface area contributed by atoms with Crippen LogP contribution < -0.4 is 0 Å². The first-order chi connectivity index (χ1) is 19.9. The third-order valence-electron chi connectivity index (χ3n) is 8.72. The number of hydrogen-bond donors (Lipinski definition) is 1. The Kier molecular flexibility index (Phi) is 9.95. The highest BCUT2D eigenvalue weighted by Crippen LogP contribution is 2.40. The van der Waals surface area contributed by atoms with Gasteiger partial charge in [0.05, 0.1) is 30.2 Å². The number of β-amino-alcohol motifs (C(OH)–C–C–N with tert-alkyl or cyclic N) is 1. The van der Waals surface area contributed by atoms with Gasteiger partial charge in [0, 0.05) is 60.1 Å². The zero-order valence-electron chi connectivity index (χ0n) is 24.4. The number of thioether (sulfide) groups is 1. The first kappa shape index (κ1) is 31.8. The highest BCUT2D eigenvalue weighted by Gasteiger charge is 2.35. The number of nitrogens with zero attached hydrogens (tertiary/aromatic N) is 5. The van der Waals surface area contributed by atoms with E-state index in [0.29, 0.717) is 48.0 Å². The fourth-order valence-corrected chi connectivity index (χ4v) is 8.15. The second-order valence-electron chi connectivity index (χ2n) is 12.0. The van der Waals surface area contributed by atoms with Crippen molar-refractivity contribution in [2.45, 2.75) is 69.3 Å². The van der Waals surface area contributed by atoms with Gasteiger partial charge in [0.2, 0.25) is 10.0 Å². The molecule has 1 aromatic heterocycles. The monoisotopic (exact) mass is 629 g/mol. The summed E-state index contributed by atoms with van der Waals surface area (Å²) in [6.45, 7) is 7.96. The van der Waals surface area contributed by atoms with Gasteiger partial charge in [0.25, 0.3) is 0 Å². The summed E-state index contributed by atoms with van der Waals surface area (Å²) in [5, 5.41) is 15.8. The molecule has 5 rings (SSSR count). The van der Waals surface area contributed by atoms with Gasteiger partial charge in [-0.15, -0.1) is 11.8 Å². The molecule has 0 bridgehead atoms. The van der Waals surface area contributed by atoms with Gasteiger partial charge >= 0.3 is 6.18 Å². The fourth-order valence-electron chi connectivity index (χ4n) is 6.25. The molecular weight excluding hydrogens is 587 g/mol. The molecule has 13 heteroatoms. The highest BCUT2D eigenvalue weighted by atomic mass is 32.2. The molecule has 4 heterocycles. The Bertz CT molecular complexity index is 1340. The van der Waals surface area contributed by atoms with E-state index in [-0.39, 0.29) is 18.0 Å². The van der Waals surface area contributed by atoms with Crippen LogP contribution in [0.4, 0.5) is 13.2 Å². The first-order valence-corrected chi connectivity index (χ1v) is 17.7. The van der Waals surface area contributed by atoms with E-state index in [1.54, 1.807) is 10.7 Å². The van der Waals surface area contributed by atoms with Crippen LogP contribution in [0, 0.1) is 5.92 Å². The molecule has 0 amide bonds. The van der Waals surface area contributed by atoms with Crippen molar-refractivity contribution in [3.05, 3.63) is 35.0 Å². The zero-order chi connectivity index (χ0) is 30.1. The quantitative estimate of drug-likeness (QED) is 0.396. The maximum Gasteiger partial charge on any atom is 0.417 e. The number of aliphatic hydroxyl groups is 1. The molecule has 2 aromatic rings. The molecule has 1 aromatic carbocycles. The number of sulfonamides is 1. The van der Waals surface area contributed by atoms with Gasteiger partial charge in [-0.1, -0.05) is 13.0 Å². The Morgan fingerprint density at radius 1 is 1.07 bits per heavy atom. The molecule has 0 spiro atoms. The Hall–Kier alpha value is -1.64. The summed E-state index contributed by atoms with van der Waals surface area (Å²) in [6, 6.07) is 4.10. The molecule has 3 aliphatic rings. The number of rotatable bonds is 10. The van der Waals surface area contributed by atoms with Crippen LogP contribution in [0.5, 0.6) is 0 Å². The summed E-state index contributed by atoms with van der Waals surface area (Å²) in [7, 11) is -3.48. The Morgan fingerprint density at radius 2 is 1.79 bits per heavy atom.